The van der Waals surface area contributed by atoms with E-state index in [4.69, 9.17) is 0 Å². The van der Waals surface area contributed by atoms with Gasteiger partial charge in [-0.15, -0.1) is 0 Å². The van der Waals surface area contributed by atoms with Crippen molar-refractivity contribution < 1.29 is 5.11 Å². The summed E-state index contributed by atoms with van der Waals surface area (Å²) in [6.45, 7) is 5.64. The summed E-state index contributed by atoms with van der Waals surface area (Å²) >= 11 is 0. The van der Waals surface area contributed by atoms with Crippen molar-refractivity contribution in [3.8, 4) is 5.75 Å². The fraction of sp³-hybridized carbons (Fsp3) is 0.625. The Morgan fingerprint density at radius 1 is 1.28 bits per heavy atom. The van der Waals surface area contributed by atoms with Gasteiger partial charge in [-0.05, 0) is 49.4 Å². The second-order valence-electron chi connectivity index (χ2n) is 5.97. The van der Waals surface area contributed by atoms with Gasteiger partial charge in [0, 0.05) is 5.54 Å². The molecule has 100 valence electrons. The predicted molar refractivity (Wildman–Crippen MR) is 75.7 cm³/mol. The lowest BCUT2D eigenvalue weighted by molar-refractivity contribution is 0.262. The summed E-state index contributed by atoms with van der Waals surface area (Å²) in [5, 5.41) is 13.5. The molecule has 1 aromatic carbocycles. The molecule has 1 aliphatic rings. The minimum atomic E-state index is 0.0589. The summed E-state index contributed by atoms with van der Waals surface area (Å²) in [4.78, 5) is 0. The molecule has 1 fully saturated rings. The smallest absolute Gasteiger partial charge is 0.115 e. The molecule has 1 aliphatic heterocycles. The van der Waals surface area contributed by atoms with Gasteiger partial charge in [0.15, 0.2) is 0 Å². The van der Waals surface area contributed by atoms with E-state index in [0.717, 1.165) is 13.0 Å². The Hall–Kier alpha value is -1.02. The SMILES string of the molecule is CC(C)CC1(c2cccc(O)c2)CCCCCN1. The van der Waals surface area contributed by atoms with Crippen molar-refractivity contribution in [3.63, 3.8) is 0 Å². The maximum Gasteiger partial charge on any atom is 0.115 e. The first-order chi connectivity index (χ1) is 8.62. The van der Waals surface area contributed by atoms with Gasteiger partial charge in [-0.2, -0.15) is 0 Å². The Morgan fingerprint density at radius 3 is 2.83 bits per heavy atom. The van der Waals surface area contributed by atoms with Crippen LogP contribution in [0.4, 0.5) is 0 Å². The molecular weight excluding hydrogens is 222 g/mol. The predicted octanol–water partition coefficient (Wildman–Crippen LogP) is 3.80. The van der Waals surface area contributed by atoms with Crippen LogP contribution >= 0.6 is 0 Å². The molecule has 1 saturated heterocycles. The first kappa shape index (κ1) is 13.4. The molecule has 1 atom stereocenters. The molecule has 1 aromatic rings. The fourth-order valence-electron chi connectivity index (χ4n) is 3.18. The highest BCUT2D eigenvalue weighted by Crippen LogP contribution is 2.36. The van der Waals surface area contributed by atoms with Crippen molar-refractivity contribution in [1.82, 2.24) is 5.32 Å². The number of hydrogen-bond donors (Lipinski definition) is 2. The normalized spacial score (nSPS) is 25.1. The molecule has 18 heavy (non-hydrogen) atoms. The molecule has 0 bridgehead atoms. The quantitative estimate of drug-likeness (QED) is 0.851. The number of phenolic OH excluding ortho intramolecular Hbond substituents is 1. The maximum atomic E-state index is 9.73. The van der Waals surface area contributed by atoms with Gasteiger partial charge < -0.3 is 10.4 Å². The van der Waals surface area contributed by atoms with E-state index in [9.17, 15) is 5.11 Å². The highest BCUT2D eigenvalue weighted by Gasteiger charge is 2.33. The molecule has 0 radical (unpaired) electrons. The Bertz CT molecular complexity index is 378. The van der Waals surface area contributed by atoms with Gasteiger partial charge in [0.2, 0.25) is 0 Å². The van der Waals surface area contributed by atoms with Crippen molar-refractivity contribution in [2.45, 2.75) is 51.5 Å². The van der Waals surface area contributed by atoms with E-state index >= 15 is 0 Å². The van der Waals surface area contributed by atoms with E-state index < -0.39 is 0 Å². The van der Waals surface area contributed by atoms with Crippen LogP contribution in [0.2, 0.25) is 0 Å². The number of nitrogens with one attached hydrogen (secondary N) is 1. The molecule has 0 aromatic heterocycles. The van der Waals surface area contributed by atoms with Gasteiger partial charge in [-0.3, -0.25) is 0 Å². The zero-order chi connectivity index (χ0) is 13.0. The van der Waals surface area contributed by atoms with Crippen LogP contribution in [0.1, 0.15) is 51.5 Å². The van der Waals surface area contributed by atoms with E-state index in [2.05, 4.69) is 25.2 Å². The number of hydrogen-bond acceptors (Lipinski definition) is 2. The van der Waals surface area contributed by atoms with Crippen molar-refractivity contribution >= 4 is 0 Å². The molecule has 2 nitrogen and oxygen atoms in total. The van der Waals surface area contributed by atoms with Crippen LogP contribution in [0.5, 0.6) is 5.75 Å². The van der Waals surface area contributed by atoms with Crippen LogP contribution in [0, 0.1) is 5.92 Å². The highest BCUT2D eigenvalue weighted by molar-refractivity contribution is 5.33. The molecule has 1 heterocycles. The molecule has 2 heteroatoms. The largest absolute Gasteiger partial charge is 0.508 e. The van der Waals surface area contributed by atoms with E-state index in [1.807, 2.05) is 12.1 Å². The first-order valence-electron chi connectivity index (χ1n) is 7.17. The minimum Gasteiger partial charge on any atom is -0.508 e. The topological polar surface area (TPSA) is 32.3 Å². The summed E-state index contributed by atoms with van der Waals surface area (Å²) in [5.41, 5.74) is 1.31. The van der Waals surface area contributed by atoms with E-state index in [1.165, 1.54) is 31.2 Å². The average Bonchev–Trinajstić information content (AvgIpc) is 2.55. The zero-order valence-corrected chi connectivity index (χ0v) is 11.6. The third kappa shape index (κ3) is 3.05. The Labute approximate surface area is 110 Å². The summed E-state index contributed by atoms with van der Waals surface area (Å²) in [6.07, 6.45) is 6.16. The third-order valence-corrected chi connectivity index (χ3v) is 3.90. The monoisotopic (exact) mass is 247 g/mol. The molecule has 1 unspecified atom stereocenters. The molecule has 2 N–H and O–H groups in total. The molecule has 2 rings (SSSR count). The first-order valence-corrected chi connectivity index (χ1v) is 7.17. The number of benzene rings is 1. The summed E-state index contributed by atoms with van der Waals surface area (Å²) in [7, 11) is 0. The number of rotatable bonds is 3. The second kappa shape index (κ2) is 5.75. The summed E-state index contributed by atoms with van der Waals surface area (Å²) < 4.78 is 0. The molecule has 0 amide bonds. The van der Waals surface area contributed by atoms with Crippen LogP contribution in [0.25, 0.3) is 0 Å². The Kier molecular flexibility index (Phi) is 4.28. The van der Waals surface area contributed by atoms with Crippen molar-refractivity contribution in [2.24, 2.45) is 5.92 Å². The lowest BCUT2D eigenvalue weighted by Crippen LogP contribution is -2.42. The standard InChI is InChI=1S/C16H25NO/c1-13(2)12-16(9-4-3-5-10-17-16)14-7-6-8-15(18)11-14/h6-8,11,13,17-18H,3-5,9-10,12H2,1-2H3. The molecule has 0 saturated carbocycles. The Balaban J connectivity index is 2.33. The van der Waals surface area contributed by atoms with Crippen molar-refractivity contribution in [3.05, 3.63) is 29.8 Å². The lowest BCUT2D eigenvalue weighted by atomic mass is 9.79. The van der Waals surface area contributed by atoms with Gasteiger partial charge in [-0.25, -0.2) is 0 Å². The zero-order valence-electron chi connectivity index (χ0n) is 11.6. The fourth-order valence-corrected chi connectivity index (χ4v) is 3.18. The lowest BCUT2D eigenvalue weighted by Gasteiger charge is -2.36. The Morgan fingerprint density at radius 2 is 2.11 bits per heavy atom. The third-order valence-electron chi connectivity index (χ3n) is 3.90. The van der Waals surface area contributed by atoms with Gasteiger partial charge >= 0.3 is 0 Å². The minimum absolute atomic E-state index is 0.0589. The van der Waals surface area contributed by atoms with Crippen molar-refractivity contribution in [1.29, 1.82) is 0 Å². The molecule has 0 spiro atoms. The van der Waals surface area contributed by atoms with Crippen LogP contribution in [0.3, 0.4) is 0 Å². The van der Waals surface area contributed by atoms with E-state index in [1.54, 1.807) is 6.07 Å². The molecular formula is C16H25NO. The van der Waals surface area contributed by atoms with Crippen LogP contribution < -0.4 is 5.32 Å². The van der Waals surface area contributed by atoms with Gasteiger partial charge in [0.05, 0.1) is 0 Å². The summed E-state index contributed by atoms with van der Waals surface area (Å²) in [6, 6.07) is 7.80. The molecule has 0 aliphatic carbocycles. The summed E-state index contributed by atoms with van der Waals surface area (Å²) in [5.74, 6) is 1.03. The van der Waals surface area contributed by atoms with Gasteiger partial charge in [0.25, 0.3) is 0 Å². The average molecular weight is 247 g/mol. The highest BCUT2D eigenvalue weighted by atomic mass is 16.3. The van der Waals surface area contributed by atoms with E-state index in [0.29, 0.717) is 11.7 Å². The number of phenols is 1. The maximum absolute atomic E-state index is 9.73. The van der Waals surface area contributed by atoms with Gasteiger partial charge in [0.1, 0.15) is 5.75 Å². The van der Waals surface area contributed by atoms with Gasteiger partial charge in [-0.1, -0.05) is 38.8 Å². The number of aromatic hydroxyl groups is 1. The van der Waals surface area contributed by atoms with Crippen LogP contribution in [-0.2, 0) is 5.54 Å². The van der Waals surface area contributed by atoms with Crippen molar-refractivity contribution in [2.75, 3.05) is 6.54 Å². The van der Waals surface area contributed by atoms with Crippen LogP contribution in [-0.4, -0.2) is 11.7 Å². The van der Waals surface area contributed by atoms with Crippen LogP contribution in [0.15, 0.2) is 24.3 Å². The second-order valence-corrected chi connectivity index (χ2v) is 5.97. The van der Waals surface area contributed by atoms with E-state index in [-0.39, 0.29) is 5.54 Å².